The average molecular weight is 290 g/mol. The molecule has 2 aromatic rings. The zero-order valence-corrected chi connectivity index (χ0v) is 12.8. The number of thioether (sulfide) groups is 1. The fourth-order valence-corrected chi connectivity index (χ4v) is 3.09. The topological polar surface area (TPSA) is 20.2 Å². The van der Waals surface area contributed by atoms with Gasteiger partial charge in [-0.3, -0.25) is 0 Å². The van der Waals surface area contributed by atoms with E-state index in [2.05, 4.69) is 0 Å². The average Bonchev–Trinajstić information content (AvgIpc) is 2.37. The van der Waals surface area contributed by atoms with Crippen LogP contribution in [0, 0.1) is 26.6 Å². The van der Waals surface area contributed by atoms with E-state index in [1.165, 1.54) is 23.4 Å². The molecule has 1 nitrogen and oxygen atoms in total. The first-order valence-electron chi connectivity index (χ1n) is 6.61. The molecule has 1 N–H and O–H groups in total. The molecule has 0 radical (unpaired) electrons. The van der Waals surface area contributed by atoms with E-state index in [1.54, 1.807) is 0 Å². The highest BCUT2D eigenvalue weighted by Crippen LogP contribution is 2.28. The van der Waals surface area contributed by atoms with Crippen LogP contribution in [0.3, 0.4) is 0 Å². The van der Waals surface area contributed by atoms with E-state index < -0.39 is 6.10 Å². The van der Waals surface area contributed by atoms with E-state index in [0.29, 0.717) is 11.3 Å². The summed E-state index contributed by atoms with van der Waals surface area (Å²) in [5, 5.41) is 10.2. The maximum Gasteiger partial charge on any atom is 0.129 e. The molecule has 1 atom stereocenters. The standard InChI is InChI=1S/C17H19FOS/c1-11-4-6-14(7-5-11)20-10-16(19)17-13(3)8-12(2)9-15(17)18/h4-9,16,19H,10H2,1-3H3. The maximum absolute atomic E-state index is 14.0. The third-order valence-corrected chi connectivity index (χ3v) is 4.33. The van der Waals surface area contributed by atoms with E-state index in [4.69, 9.17) is 0 Å². The first kappa shape index (κ1) is 15.1. The summed E-state index contributed by atoms with van der Waals surface area (Å²) >= 11 is 1.54. The second-order valence-electron chi connectivity index (χ2n) is 5.12. The normalized spacial score (nSPS) is 12.4. The molecule has 20 heavy (non-hydrogen) atoms. The second kappa shape index (κ2) is 6.42. The van der Waals surface area contributed by atoms with Crippen LogP contribution in [-0.4, -0.2) is 10.9 Å². The second-order valence-corrected chi connectivity index (χ2v) is 6.21. The lowest BCUT2D eigenvalue weighted by Crippen LogP contribution is -2.06. The molecule has 2 rings (SSSR count). The number of benzene rings is 2. The van der Waals surface area contributed by atoms with E-state index in [9.17, 15) is 9.50 Å². The number of aryl methyl sites for hydroxylation is 3. The largest absolute Gasteiger partial charge is 0.387 e. The Kier molecular flexibility index (Phi) is 4.84. The molecule has 0 fully saturated rings. The van der Waals surface area contributed by atoms with Gasteiger partial charge in [0.15, 0.2) is 0 Å². The molecular formula is C17H19FOS. The summed E-state index contributed by atoms with van der Waals surface area (Å²) in [4.78, 5) is 1.08. The predicted molar refractivity (Wildman–Crippen MR) is 82.7 cm³/mol. The van der Waals surface area contributed by atoms with Crippen molar-refractivity contribution in [2.24, 2.45) is 0 Å². The summed E-state index contributed by atoms with van der Waals surface area (Å²) in [7, 11) is 0. The molecule has 0 aliphatic heterocycles. The van der Waals surface area contributed by atoms with Crippen molar-refractivity contribution in [1.29, 1.82) is 0 Å². The highest BCUT2D eigenvalue weighted by molar-refractivity contribution is 7.99. The molecule has 0 bridgehead atoms. The van der Waals surface area contributed by atoms with Crippen molar-refractivity contribution < 1.29 is 9.50 Å². The number of hydrogen-bond acceptors (Lipinski definition) is 2. The Hall–Kier alpha value is -1.32. The highest BCUT2D eigenvalue weighted by atomic mass is 32.2. The van der Waals surface area contributed by atoms with Crippen LogP contribution in [0.25, 0.3) is 0 Å². The van der Waals surface area contributed by atoms with Crippen LogP contribution in [0.2, 0.25) is 0 Å². The number of aliphatic hydroxyl groups is 1. The monoisotopic (exact) mass is 290 g/mol. The fourth-order valence-electron chi connectivity index (χ4n) is 2.24. The predicted octanol–water partition coefficient (Wildman–Crippen LogP) is 4.58. The van der Waals surface area contributed by atoms with Crippen LogP contribution in [-0.2, 0) is 0 Å². The Labute approximate surface area is 123 Å². The zero-order valence-electron chi connectivity index (χ0n) is 12.0. The number of aliphatic hydroxyl groups excluding tert-OH is 1. The molecule has 2 aromatic carbocycles. The Bertz CT molecular complexity index is 569. The maximum atomic E-state index is 14.0. The third kappa shape index (κ3) is 3.62. The van der Waals surface area contributed by atoms with Crippen LogP contribution in [0.15, 0.2) is 41.3 Å². The summed E-state index contributed by atoms with van der Waals surface area (Å²) in [5.41, 5.74) is 3.30. The number of halogens is 1. The third-order valence-electron chi connectivity index (χ3n) is 3.24. The lowest BCUT2D eigenvalue weighted by molar-refractivity contribution is 0.198. The lowest BCUT2D eigenvalue weighted by Gasteiger charge is -2.15. The summed E-state index contributed by atoms with van der Waals surface area (Å²) in [6.45, 7) is 5.73. The van der Waals surface area contributed by atoms with Gasteiger partial charge >= 0.3 is 0 Å². The van der Waals surface area contributed by atoms with Crippen molar-refractivity contribution in [3.63, 3.8) is 0 Å². The van der Waals surface area contributed by atoms with Crippen molar-refractivity contribution in [3.8, 4) is 0 Å². The molecule has 0 aliphatic carbocycles. The van der Waals surface area contributed by atoms with Gasteiger partial charge in [-0.05, 0) is 50.1 Å². The van der Waals surface area contributed by atoms with Crippen molar-refractivity contribution in [3.05, 3.63) is 64.5 Å². The summed E-state index contributed by atoms with van der Waals surface area (Å²) in [5.74, 6) is 0.128. The molecule has 0 saturated heterocycles. The number of rotatable bonds is 4. The molecule has 0 heterocycles. The minimum Gasteiger partial charge on any atom is -0.387 e. The molecular weight excluding hydrogens is 271 g/mol. The lowest BCUT2D eigenvalue weighted by atomic mass is 10.0. The minimum atomic E-state index is -0.790. The first-order valence-corrected chi connectivity index (χ1v) is 7.60. The SMILES string of the molecule is Cc1ccc(SCC(O)c2c(C)cc(C)cc2F)cc1. The first-order chi connectivity index (χ1) is 9.47. The molecule has 1 unspecified atom stereocenters. The molecule has 3 heteroatoms. The molecule has 0 spiro atoms. The van der Waals surface area contributed by atoms with Gasteiger partial charge in [-0.1, -0.05) is 23.8 Å². The molecule has 0 aliphatic rings. The van der Waals surface area contributed by atoms with Crippen molar-refractivity contribution in [1.82, 2.24) is 0 Å². The molecule has 0 saturated carbocycles. The Morgan fingerprint density at radius 3 is 2.30 bits per heavy atom. The van der Waals surface area contributed by atoms with Gasteiger partial charge in [0.2, 0.25) is 0 Å². The van der Waals surface area contributed by atoms with Crippen LogP contribution in [0.1, 0.15) is 28.4 Å². The Morgan fingerprint density at radius 1 is 1.05 bits per heavy atom. The summed E-state index contributed by atoms with van der Waals surface area (Å²) in [6, 6.07) is 11.5. The van der Waals surface area contributed by atoms with Gasteiger partial charge < -0.3 is 5.11 Å². The Balaban J connectivity index is 2.09. The van der Waals surface area contributed by atoms with Gasteiger partial charge in [-0.15, -0.1) is 11.8 Å². The van der Waals surface area contributed by atoms with E-state index in [1.807, 2.05) is 51.1 Å². The minimum absolute atomic E-state index is 0.320. The zero-order chi connectivity index (χ0) is 14.7. The summed E-state index contributed by atoms with van der Waals surface area (Å²) < 4.78 is 14.0. The molecule has 0 aromatic heterocycles. The van der Waals surface area contributed by atoms with Gasteiger partial charge in [-0.25, -0.2) is 4.39 Å². The highest BCUT2D eigenvalue weighted by Gasteiger charge is 2.16. The van der Waals surface area contributed by atoms with Gasteiger partial charge in [-0.2, -0.15) is 0 Å². The van der Waals surface area contributed by atoms with E-state index in [0.717, 1.165) is 16.0 Å². The van der Waals surface area contributed by atoms with Crippen LogP contribution in [0.4, 0.5) is 4.39 Å². The van der Waals surface area contributed by atoms with E-state index in [-0.39, 0.29) is 5.82 Å². The van der Waals surface area contributed by atoms with Crippen LogP contribution >= 0.6 is 11.8 Å². The fraction of sp³-hybridized carbons (Fsp3) is 0.294. The van der Waals surface area contributed by atoms with E-state index >= 15 is 0 Å². The van der Waals surface area contributed by atoms with Crippen LogP contribution in [0.5, 0.6) is 0 Å². The van der Waals surface area contributed by atoms with Gasteiger partial charge in [0.05, 0.1) is 6.10 Å². The smallest absolute Gasteiger partial charge is 0.129 e. The van der Waals surface area contributed by atoms with Crippen LogP contribution < -0.4 is 0 Å². The van der Waals surface area contributed by atoms with Gasteiger partial charge in [0.25, 0.3) is 0 Å². The number of hydrogen-bond donors (Lipinski definition) is 1. The quantitative estimate of drug-likeness (QED) is 0.832. The van der Waals surface area contributed by atoms with Crippen molar-refractivity contribution in [2.75, 3.05) is 5.75 Å². The van der Waals surface area contributed by atoms with Crippen molar-refractivity contribution in [2.45, 2.75) is 31.8 Å². The molecule has 106 valence electrons. The van der Waals surface area contributed by atoms with Gasteiger partial charge in [0.1, 0.15) is 5.82 Å². The summed E-state index contributed by atoms with van der Waals surface area (Å²) in [6.07, 6.45) is -0.790. The Morgan fingerprint density at radius 2 is 1.70 bits per heavy atom. The molecule has 0 amide bonds. The van der Waals surface area contributed by atoms with Gasteiger partial charge in [0, 0.05) is 16.2 Å². The van der Waals surface area contributed by atoms with Crippen molar-refractivity contribution >= 4 is 11.8 Å².